The molecule has 62 valence electrons. The quantitative estimate of drug-likeness (QED) is 0.846. The molecule has 0 saturated heterocycles. The normalized spacial score (nSPS) is 11.5. The van der Waals surface area contributed by atoms with Crippen molar-refractivity contribution < 1.29 is 8.42 Å². The van der Waals surface area contributed by atoms with Crippen LogP contribution in [0.5, 0.6) is 0 Å². The zero-order chi connectivity index (χ0) is 8.48. The van der Waals surface area contributed by atoms with Gasteiger partial charge in [0.15, 0.2) is 3.92 Å². The third-order valence-corrected chi connectivity index (χ3v) is 2.64. The van der Waals surface area contributed by atoms with E-state index in [1.165, 1.54) is 0 Å². The zero-order valence-corrected chi connectivity index (χ0v) is 8.62. The van der Waals surface area contributed by atoms with Crippen molar-refractivity contribution in [2.75, 3.05) is 11.0 Å². The van der Waals surface area contributed by atoms with Crippen LogP contribution in [0.25, 0.3) is 0 Å². The Labute approximate surface area is 76.0 Å². The lowest BCUT2D eigenvalue weighted by molar-refractivity contribution is 0.606. The third-order valence-electron chi connectivity index (χ3n) is 0.673. The fourth-order valence-corrected chi connectivity index (χ4v) is 2.25. The van der Waals surface area contributed by atoms with Crippen LogP contribution in [0.4, 0.5) is 5.13 Å². The average molecular weight is 258 g/mol. The van der Waals surface area contributed by atoms with Gasteiger partial charge in [0.05, 0.1) is 6.26 Å². The van der Waals surface area contributed by atoms with E-state index in [9.17, 15) is 8.42 Å². The Kier molecular flexibility index (Phi) is 2.45. The predicted octanol–water partition coefficient (Wildman–Crippen LogP) is 0.672. The van der Waals surface area contributed by atoms with Gasteiger partial charge < -0.3 is 0 Å². The molecule has 1 heterocycles. The summed E-state index contributed by atoms with van der Waals surface area (Å²) in [5.74, 6) is 0. The summed E-state index contributed by atoms with van der Waals surface area (Å²) in [7, 11) is -3.23. The molecule has 0 aliphatic heterocycles. The van der Waals surface area contributed by atoms with Gasteiger partial charge in [-0.1, -0.05) is 11.3 Å². The van der Waals surface area contributed by atoms with E-state index in [-0.39, 0.29) is 5.13 Å². The van der Waals surface area contributed by atoms with E-state index in [0.29, 0.717) is 3.92 Å². The molecule has 0 spiro atoms. The first-order valence-corrected chi connectivity index (χ1v) is 5.94. The minimum absolute atomic E-state index is 0.263. The highest BCUT2D eigenvalue weighted by molar-refractivity contribution is 9.11. The van der Waals surface area contributed by atoms with Gasteiger partial charge in [0.25, 0.3) is 0 Å². The van der Waals surface area contributed by atoms with Crippen LogP contribution in [-0.2, 0) is 10.0 Å². The Morgan fingerprint density at radius 2 is 2.18 bits per heavy atom. The molecule has 0 bridgehead atoms. The SMILES string of the molecule is CS(=O)(=O)Nc1nnc(Br)s1. The second-order valence-electron chi connectivity index (χ2n) is 1.73. The average Bonchev–Trinajstić information content (AvgIpc) is 2.10. The lowest BCUT2D eigenvalue weighted by Gasteiger charge is -1.94. The molecule has 11 heavy (non-hydrogen) atoms. The summed E-state index contributed by atoms with van der Waals surface area (Å²) in [5.41, 5.74) is 0. The highest BCUT2D eigenvalue weighted by Crippen LogP contribution is 2.20. The molecule has 1 aromatic heterocycles. The van der Waals surface area contributed by atoms with Crippen molar-refractivity contribution in [3.63, 3.8) is 0 Å². The molecule has 0 atom stereocenters. The highest BCUT2D eigenvalue weighted by atomic mass is 79.9. The molecule has 0 aliphatic rings. The molecule has 1 rings (SSSR count). The molecule has 1 aromatic rings. The van der Waals surface area contributed by atoms with Crippen LogP contribution in [0.3, 0.4) is 0 Å². The monoisotopic (exact) mass is 257 g/mol. The van der Waals surface area contributed by atoms with E-state index in [1.807, 2.05) is 0 Å². The van der Waals surface area contributed by atoms with Crippen molar-refractivity contribution in [3.8, 4) is 0 Å². The summed E-state index contributed by atoms with van der Waals surface area (Å²) in [4.78, 5) is 0. The van der Waals surface area contributed by atoms with E-state index in [1.54, 1.807) is 0 Å². The van der Waals surface area contributed by atoms with Gasteiger partial charge in [-0.25, -0.2) is 8.42 Å². The predicted molar refractivity (Wildman–Crippen MR) is 46.1 cm³/mol. The molecule has 0 fully saturated rings. The lowest BCUT2D eigenvalue weighted by Crippen LogP contribution is -2.08. The molecule has 1 N–H and O–H groups in total. The van der Waals surface area contributed by atoms with Gasteiger partial charge in [-0.2, -0.15) is 0 Å². The molecule has 8 heteroatoms. The van der Waals surface area contributed by atoms with Crippen LogP contribution in [0.1, 0.15) is 0 Å². The number of nitrogens with zero attached hydrogens (tertiary/aromatic N) is 2. The Balaban J connectivity index is 2.81. The third kappa shape index (κ3) is 3.12. The Bertz CT molecular complexity index is 345. The van der Waals surface area contributed by atoms with E-state index < -0.39 is 10.0 Å². The van der Waals surface area contributed by atoms with Crippen molar-refractivity contribution in [2.24, 2.45) is 0 Å². The largest absolute Gasteiger partial charge is 0.257 e. The first-order chi connectivity index (χ1) is 4.97. The van der Waals surface area contributed by atoms with E-state index >= 15 is 0 Å². The summed E-state index contributed by atoms with van der Waals surface area (Å²) in [6.07, 6.45) is 1.06. The fraction of sp³-hybridized carbons (Fsp3) is 0.333. The van der Waals surface area contributed by atoms with Gasteiger partial charge in [0.2, 0.25) is 15.2 Å². The Hall–Kier alpha value is -0.210. The van der Waals surface area contributed by atoms with Crippen molar-refractivity contribution >= 4 is 42.4 Å². The number of nitrogens with one attached hydrogen (secondary N) is 1. The van der Waals surface area contributed by atoms with Gasteiger partial charge in [-0.05, 0) is 15.9 Å². The summed E-state index contributed by atoms with van der Waals surface area (Å²) in [6.45, 7) is 0. The number of hydrogen-bond acceptors (Lipinski definition) is 5. The number of aromatic nitrogens is 2. The van der Waals surface area contributed by atoms with E-state index in [0.717, 1.165) is 17.6 Å². The van der Waals surface area contributed by atoms with Gasteiger partial charge >= 0.3 is 0 Å². The summed E-state index contributed by atoms with van der Waals surface area (Å²) in [6, 6.07) is 0. The van der Waals surface area contributed by atoms with Crippen LogP contribution >= 0.6 is 27.3 Å². The molecule has 0 saturated carbocycles. The van der Waals surface area contributed by atoms with Gasteiger partial charge in [-0.3, -0.25) is 4.72 Å². The highest BCUT2D eigenvalue weighted by Gasteiger charge is 2.05. The zero-order valence-electron chi connectivity index (χ0n) is 5.41. The van der Waals surface area contributed by atoms with Crippen molar-refractivity contribution in [2.45, 2.75) is 0 Å². The number of sulfonamides is 1. The maximum Gasteiger partial charge on any atom is 0.231 e. The van der Waals surface area contributed by atoms with Crippen molar-refractivity contribution in [1.82, 2.24) is 10.2 Å². The number of hydrogen-bond donors (Lipinski definition) is 1. The first-order valence-electron chi connectivity index (χ1n) is 2.44. The topological polar surface area (TPSA) is 72.0 Å². The van der Waals surface area contributed by atoms with Gasteiger partial charge in [-0.15, -0.1) is 10.2 Å². The molecule has 0 amide bonds. The minimum Gasteiger partial charge on any atom is -0.257 e. The lowest BCUT2D eigenvalue weighted by atomic mass is 11.3. The molecule has 0 unspecified atom stereocenters. The molecule has 0 aromatic carbocycles. The molecule has 5 nitrogen and oxygen atoms in total. The van der Waals surface area contributed by atoms with E-state index in [4.69, 9.17) is 0 Å². The second kappa shape index (κ2) is 3.03. The standard InChI is InChI=1S/C3H4BrN3O2S2/c1-11(8,9)7-3-6-5-2(4)10-3/h1H3,(H,6,7). The molecule has 0 radical (unpaired) electrons. The van der Waals surface area contributed by atoms with Crippen LogP contribution in [0.2, 0.25) is 0 Å². The number of rotatable bonds is 2. The number of halogens is 1. The molecular formula is C3H4BrN3O2S2. The van der Waals surface area contributed by atoms with Crippen LogP contribution in [-0.4, -0.2) is 24.9 Å². The molecule has 0 aliphatic carbocycles. The van der Waals surface area contributed by atoms with Crippen LogP contribution in [0, 0.1) is 0 Å². The first kappa shape index (κ1) is 8.88. The Morgan fingerprint density at radius 3 is 2.55 bits per heavy atom. The van der Waals surface area contributed by atoms with Crippen molar-refractivity contribution in [3.05, 3.63) is 3.92 Å². The maximum atomic E-state index is 10.6. The van der Waals surface area contributed by atoms with Crippen LogP contribution in [0.15, 0.2) is 3.92 Å². The van der Waals surface area contributed by atoms with Gasteiger partial charge in [0, 0.05) is 0 Å². The minimum atomic E-state index is -3.23. The second-order valence-corrected chi connectivity index (χ2v) is 5.74. The maximum absolute atomic E-state index is 10.6. The van der Waals surface area contributed by atoms with Crippen molar-refractivity contribution in [1.29, 1.82) is 0 Å². The Morgan fingerprint density at radius 1 is 1.55 bits per heavy atom. The summed E-state index contributed by atoms with van der Waals surface area (Å²) >= 11 is 4.17. The summed E-state index contributed by atoms with van der Waals surface area (Å²) in [5, 5.41) is 7.35. The number of anilines is 1. The van der Waals surface area contributed by atoms with Gasteiger partial charge in [0.1, 0.15) is 0 Å². The fourth-order valence-electron chi connectivity index (χ4n) is 0.405. The van der Waals surface area contributed by atoms with E-state index in [2.05, 4.69) is 30.8 Å². The van der Waals surface area contributed by atoms with Crippen LogP contribution < -0.4 is 4.72 Å². The molecular weight excluding hydrogens is 254 g/mol. The summed E-state index contributed by atoms with van der Waals surface area (Å²) < 4.78 is 24.0. The smallest absolute Gasteiger partial charge is 0.231 e.